The Balaban J connectivity index is 2.18. The van der Waals surface area contributed by atoms with E-state index in [2.05, 4.69) is 50.4 Å². The van der Waals surface area contributed by atoms with Gasteiger partial charge in [-0.15, -0.1) is 0 Å². The van der Waals surface area contributed by atoms with E-state index in [-0.39, 0.29) is 0 Å². The molecule has 1 nitrogen and oxygen atoms in total. The van der Waals surface area contributed by atoms with Gasteiger partial charge in [0.05, 0.1) is 0 Å². The molecule has 1 aromatic carbocycles. The predicted octanol–water partition coefficient (Wildman–Crippen LogP) is 3.80. The molecular weight excluding hydrogens is 202 g/mol. The van der Waals surface area contributed by atoms with Crippen LogP contribution < -0.4 is 5.32 Å². The van der Waals surface area contributed by atoms with Crippen LogP contribution in [-0.2, 0) is 0 Å². The number of nitrogens with one attached hydrogen (secondary N) is 1. The second-order valence-corrected chi connectivity index (χ2v) is 5.36. The van der Waals surface area contributed by atoms with Gasteiger partial charge in [0, 0.05) is 18.0 Å². The Morgan fingerprint density at radius 3 is 2.67 bits per heavy atom. The van der Waals surface area contributed by atoms with E-state index in [1.54, 1.807) is 0 Å². The maximum absolute atomic E-state index is 3.47. The first-order chi connectivity index (χ1) is 7.20. The molecule has 0 radical (unpaired) electrons. The number of anilines is 1. The summed E-state index contributed by atoms with van der Waals surface area (Å²) in [4.78, 5) is 0. The topological polar surface area (TPSA) is 12.0 Å². The van der Waals surface area contributed by atoms with Crippen molar-refractivity contribution in [2.24, 2.45) is 5.92 Å². The molecule has 84 valence electrons. The van der Waals surface area contributed by atoms with Crippen molar-refractivity contribution in [1.29, 1.82) is 0 Å². The first-order valence-corrected chi connectivity index (χ1v) is 6.73. The maximum atomic E-state index is 3.47. The molecule has 0 spiro atoms. The van der Waals surface area contributed by atoms with Crippen molar-refractivity contribution in [3.8, 4) is 0 Å². The van der Waals surface area contributed by atoms with Crippen LogP contribution in [0.2, 0.25) is 0 Å². The first-order valence-electron chi connectivity index (χ1n) is 5.57. The van der Waals surface area contributed by atoms with Crippen LogP contribution in [0.3, 0.4) is 0 Å². The molecule has 1 rings (SSSR count). The number of rotatable bonds is 6. The summed E-state index contributed by atoms with van der Waals surface area (Å²) < 4.78 is 0. The number of benzene rings is 1. The van der Waals surface area contributed by atoms with Crippen molar-refractivity contribution in [3.05, 3.63) is 29.8 Å². The van der Waals surface area contributed by atoms with Crippen molar-refractivity contribution < 1.29 is 0 Å². The lowest BCUT2D eigenvalue weighted by Crippen LogP contribution is -2.06. The van der Waals surface area contributed by atoms with E-state index in [9.17, 15) is 0 Å². The lowest BCUT2D eigenvalue weighted by Gasteiger charge is -2.09. The second kappa shape index (κ2) is 6.78. The quantitative estimate of drug-likeness (QED) is 0.736. The third-order valence-electron chi connectivity index (χ3n) is 2.16. The summed E-state index contributed by atoms with van der Waals surface area (Å²) >= 11 is 2.02. The summed E-state index contributed by atoms with van der Waals surface area (Å²) in [5.41, 5.74) is 2.59. The molecule has 0 amide bonds. The smallest absolute Gasteiger partial charge is 0.0370 e. The third kappa shape index (κ3) is 5.12. The van der Waals surface area contributed by atoms with Crippen LogP contribution >= 0.6 is 11.8 Å². The monoisotopic (exact) mass is 223 g/mol. The SMILES string of the molecule is Cc1ccccc1NCCSCC(C)C. The number of thioether (sulfide) groups is 1. The highest BCUT2D eigenvalue weighted by Crippen LogP contribution is 2.13. The highest BCUT2D eigenvalue weighted by atomic mass is 32.2. The average molecular weight is 223 g/mol. The lowest BCUT2D eigenvalue weighted by molar-refractivity contribution is 0.750. The molecule has 0 aromatic heterocycles. The van der Waals surface area contributed by atoms with Gasteiger partial charge in [-0.1, -0.05) is 32.0 Å². The number of aryl methyl sites for hydroxylation is 1. The average Bonchev–Trinajstić information content (AvgIpc) is 2.20. The number of para-hydroxylation sites is 1. The standard InChI is InChI=1S/C13H21NS/c1-11(2)10-15-9-8-14-13-7-5-4-6-12(13)3/h4-7,11,14H,8-10H2,1-3H3. The molecular formula is C13H21NS. The minimum absolute atomic E-state index is 0.800. The Morgan fingerprint density at radius 1 is 1.27 bits per heavy atom. The van der Waals surface area contributed by atoms with Gasteiger partial charge in [-0.25, -0.2) is 0 Å². The van der Waals surface area contributed by atoms with Crippen LogP contribution in [0.1, 0.15) is 19.4 Å². The summed E-state index contributed by atoms with van der Waals surface area (Å²) in [7, 11) is 0. The van der Waals surface area contributed by atoms with E-state index in [4.69, 9.17) is 0 Å². The van der Waals surface area contributed by atoms with Gasteiger partial charge >= 0.3 is 0 Å². The zero-order valence-corrected chi connectivity index (χ0v) is 10.7. The van der Waals surface area contributed by atoms with Crippen LogP contribution in [0.15, 0.2) is 24.3 Å². The van der Waals surface area contributed by atoms with E-state index in [1.165, 1.54) is 22.8 Å². The summed E-state index contributed by atoms with van der Waals surface area (Å²) in [6, 6.07) is 8.44. The van der Waals surface area contributed by atoms with Crippen molar-refractivity contribution in [2.75, 3.05) is 23.4 Å². The summed E-state index contributed by atoms with van der Waals surface area (Å²) in [6.07, 6.45) is 0. The van der Waals surface area contributed by atoms with Crippen molar-refractivity contribution in [1.82, 2.24) is 0 Å². The fraction of sp³-hybridized carbons (Fsp3) is 0.538. The van der Waals surface area contributed by atoms with E-state index in [1.807, 2.05) is 11.8 Å². The van der Waals surface area contributed by atoms with E-state index < -0.39 is 0 Å². The van der Waals surface area contributed by atoms with Crippen LogP contribution in [0.5, 0.6) is 0 Å². The molecule has 0 aliphatic rings. The van der Waals surface area contributed by atoms with E-state index >= 15 is 0 Å². The molecule has 0 fully saturated rings. The highest BCUT2D eigenvalue weighted by molar-refractivity contribution is 7.99. The van der Waals surface area contributed by atoms with Crippen LogP contribution in [0, 0.1) is 12.8 Å². The normalized spacial score (nSPS) is 10.7. The molecule has 0 bridgehead atoms. The van der Waals surface area contributed by atoms with Crippen LogP contribution in [0.25, 0.3) is 0 Å². The van der Waals surface area contributed by atoms with Crippen molar-refractivity contribution >= 4 is 17.4 Å². The van der Waals surface area contributed by atoms with Gasteiger partial charge in [0.15, 0.2) is 0 Å². The van der Waals surface area contributed by atoms with Gasteiger partial charge in [-0.05, 0) is 30.2 Å². The largest absolute Gasteiger partial charge is 0.384 e. The molecule has 15 heavy (non-hydrogen) atoms. The zero-order chi connectivity index (χ0) is 11.1. The highest BCUT2D eigenvalue weighted by Gasteiger charge is 1.96. The van der Waals surface area contributed by atoms with Gasteiger partial charge in [0.2, 0.25) is 0 Å². The van der Waals surface area contributed by atoms with E-state index in [0.717, 1.165) is 12.5 Å². The van der Waals surface area contributed by atoms with Gasteiger partial charge in [-0.3, -0.25) is 0 Å². The van der Waals surface area contributed by atoms with Gasteiger partial charge in [0.1, 0.15) is 0 Å². The Labute approximate surface area is 97.7 Å². The molecule has 1 aromatic rings. The summed E-state index contributed by atoms with van der Waals surface area (Å²) in [6.45, 7) is 7.73. The molecule has 0 atom stereocenters. The number of hydrogen-bond donors (Lipinski definition) is 1. The molecule has 1 N–H and O–H groups in total. The molecule has 0 heterocycles. The summed E-state index contributed by atoms with van der Waals surface area (Å²) in [5, 5.41) is 3.47. The second-order valence-electron chi connectivity index (χ2n) is 4.21. The fourth-order valence-electron chi connectivity index (χ4n) is 1.35. The Hall–Kier alpha value is -0.630. The molecule has 0 saturated heterocycles. The molecule has 0 aliphatic carbocycles. The summed E-state index contributed by atoms with van der Waals surface area (Å²) in [5.74, 6) is 3.25. The Kier molecular flexibility index (Phi) is 5.62. The Bertz CT molecular complexity index is 284. The number of hydrogen-bond acceptors (Lipinski definition) is 2. The maximum Gasteiger partial charge on any atom is 0.0370 e. The van der Waals surface area contributed by atoms with Gasteiger partial charge < -0.3 is 5.32 Å². The molecule has 0 unspecified atom stereocenters. The fourth-order valence-corrected chi connectivity index (χ4v) is 2.23. The van der Waals surface area contributed by atoms with Gasteiger partial charge in [0.25, 0.3) is 0 Å². The van der Waals surface area contributed by atoms with Crippen molar-refractivity contribution in [3.63, 3.8) is 0 Å². The zero-order valence-electron chi connectivity index (χ0n) is 9.92. The van der Waals surface area contributed by atoms with Gasteiger partial charge in [-0.2, -0.15) is 11.8 Å². The van der Waals surface area contributed by atoms with Crippen molar-refractivity contribution in [2.45, 2.75) is 20.8 Å². The van der Waals surface area contributed by atoms with Crippen LogP contribution in [-0.4, -0.2) is 18.1 Å². The molecule has 0 saturated carbocycles. The predicted molar refractivity (Wildman–Crippen MR) is 71.8 cm³/mol. The van der Waals surface area contributed by atoms with E-state index in [0.29, 0.717) is 0 Å². The Morgan fingerprint density at radius 2 is 2.00 bits per heavy atom. The molecule has 2 heteroatoms. The third-order valence-corrected chi connectivity index (χ3v) is 3.55. The van der Waals surface area contributed by atoms with Crippen LogP contribution in [0.4, 0.5) is 5.69 Å². The first kappa shape index (κ1) is 12.4. The lowest BCUT2D eigenvalue weighted by atomic mass is 10.2. The molecule has 0 aliphatic heterocycles. The minimum Gasteiger partial charge on any atom is -0.384 e. The minimum atomic E-state index is 0.800.